The van der Waals surface area contributed by atoms with Crippen molar-refractivity contribution in [3.05, 3.63) is 24.3 Å². The second-order valence-electron chi connectivity index (χ2n) is 7.81. The van der Waals surface area contributed by atoms with Crippen LogP contribution in [-0.4, -0.2) is 44.3 Å². The monoisotopic (exact) mass is 408 g/mol. The van der Waals surface area contributed by atoms with Gasteiger partial charge in [-0.3, -0.25) is 9.59 Å². The number of amides is 1. The minimum atomic E-state index is -3.56. The summed E-state index contributed by atoms with van der Waals surface area (Å²) in [6, 6.07) is 6.11. The highest BCUT2D eigenvalue weighted by Gasteiger charge is 2.40. The number of hydrogen-bond donors (Lipinski definition) is 1. The number of esters is 1. The molecule has 2 saturated carbocycles. The van der Waals surface area contributed by atoms with Crippen LogP contribution in [0.5, 0.6) is 0 Å². The number of rotatable bonds is 7. The first-order chi connectivity index (χ1) is 13.3. The van der Waals surface area contributed by atoms with E-state index in [0.717, 1.165) is 38.5 Å². The van der Waals surface area contributed by atoms with E-state index in [1.54, 1.807) is 19.2 Å². The highest BCUT2D eigenvalue weighted by atomic mass is 32.2. The summed E-state index contributed by atoms with van der Waals surface area (Å²) in [5, 5.41) is 2.61. The van der Waals surface area contributed by atoms with Crippen LogP contribution < -0.4 is 5.32 Å². The van der Waals surface area contributed by atoms with Crippen molar-refractivity contribution in [2.24, 2.45) is 11.8 Å². The molecule has 7 nitrogen and oxygen atoms in total. The summed E-state index contributed by atoms with van der Waals surface area (Å²) in [4.78, 5) is 23.8. The molecule has 1 amide bonds. The van der Waals surface area contributed by atoms with Gasteiger partial charge in [0.05, 0.1) is 10.8 Å². The number of ether oxygens (including phenoxy) is 1. The van der Waals surface area contributed by atoms with Crippen molar-refractivity contribution in [3.63, 3.8) is 0 Å². The Hall–Kier alpha value is -1.93. The summed E-state index contributed by atoms with van der Waals surface area (Å²) in [6.07, 6.45) is 5.86. The van der Waals surface area contributed by atoms with Crippen LogP contribution in [0.4, 0.5) is 5.69 Å². The molecule has 2 atom stereocenters. The van der Waals surface area contributed by atoms with Gasteiger partial charge in [-0.15, -0.1) is 0 Å². The fourth-order valence-corrected chi connectivity index (χ4v) is 5.02. The molecule has 154 valence electrons. The average Bonchev–Trinajstić information content (AvgIpc) is 3.43. The molecule has 2 aliphatic carbocycles. The molecule has 0 aromatic heterocycles. The third kappa shape index (κ3) is 4.91. The second kappa shape index (κ2) is 8.61. The molecule has 0 spiro atoms. The fourth-order valence-electron chi connectivity index (χ4n) is 3.61. The lowest BCUT2D eigenvalue weighted by molar-refractivity contribution is -0.148. The Morgan fingerprint density at radius 3 is 2.32 bits per heavy atom. The van der Waals surface area contributed by atoms with Gasteiger partial charge in [-0.1, -0.05) is 26.2 Å². The first kappa shape index (κ1) is 20.8. The standard InChI is InChI=1S/C20H28N2O5S/c1-14-12-18(14)20(24)27-13-19(23)21-15-8-10-17(11-9-15)28(25,26)22(2)16-6-4-3-5-7-16/h8-11,14,16,18H,3-7,12-13H2,1-2H3,(H,21,23)/t14-,18-/m1/s1. The van der Waals surface area contributed by atoms with Crippen LogP contribution in [0.3, 0.4) is 0 Å². The lowest BCUT2D eigenvalue weighted by Gasteiger charge is -2.30. The van der Waals surface area contributed by atoms with Crippen molar-refractivity contribution in [1.29, 1.82) is 0 Å². The van der Waals surface area contributed by atoms with Crippen molar-refractivity contribution in [1.82, 2.24) is 4.31 Å². The molecule has 2 aliphatic rings. The smallest absolute Gasteiger partial charge is 0.309 e. The van der Waals surface area contributed by atoms with E-state index in [1.165, 1.54) is 16.4 Å². The van der Waals surface area contributed by atoms with Crippen LogP contribution in [0.1, 0.15) is 45.4 Å². The molecule has 0 bridgehead atoms. The number of nitrogens with zero attached hydrogens (tertiary/aromatic N) is 1. The van der Waals surface area contributed by atoms with Crippen LogP contribution in [0, 0.1) is 11.8 Å². The first-order valence-electron chi connectivity index (χ1n) is 9.83. The Kier molecular flexibility index (Phi) is 6.40. The number of carbonyl (C=O) groups excluding carboxylic acids is 2. The van der Waals surface area contributed by atoms with Gasteiger partial charge in [0.25, 0.3) is 5.91 Å². The number of benzene rings is 1. The number of hydrogen-bond acceptors (Lipinski definition) is 5. The van der Waals surface area contributed by atoms with Gasteiger partial charge in [-0.2, -0.15) is 4.31 Å². The largest absolute Gasteiger partial charge is 0.455 e. The third-order valence-corrected chi connectivity index (χ3v) is 7.59. The van der Waals surface area contributed by atoms with Gasteiger partial charge in [0, 0.05) is 18.8 Å². The van der Waals surface area contributed by atoms with Crippen LogP contribution in [0.25, 0.3) is 0 Å². The maximum absolute atomic E-state index is 12.8. The number of carbonyl (C=O) groups is 2. The molecule has 1 aromatic rings. The maximum atomic E-state index is 12.8. The van der Waals surface area contributed by atoms with Crippen molar-refractivity contribution in [3.8, 4) is 0 Å². The van der Waals surface area contributed by atoms with Gasteiger partial charge in [0.15, 0.2) is 6.61 Å². The van der Waals surface area contributed by atoms with Crippen molar-refractivity contribution in [2.45, 2.75) is 56.4 Å². The Balaban J connectivity index is 1.54. The van der Waals surface area contributed by atoms with Gasteiger partial charge in [-0.25, -0.2) is 8.42 Å². The maximum Gasteiger partial charge on any atom is 0.309 e. The van der Waals surface area contributed by atoms with Crippen LogP contribution in [-0.2, 0) is 24.3 Å². The number of anilines is 1. The average molecular weight is 409 g/mol. The Bertz CT molecular complexity index is 816. The van der Waals surface area contributed by atoms with Crippen LogP contribution in [0.2, 0.25) is 0 Å². The predicted octanol–water partition coefficient (Wildman–Crippen LogP) is 2.78. The van der Waals surface area contributed by atoms with E-state index in [1.807, 2.05) is 6.92 Å². The molecule has 0 radical (unpaired) electrons. The van der Waals surface area contributed by atoms with Gasteiger partial charge in [0.2, 0.25) is 10.0 Å². The van der Waals surface area contributed by atoms with Crippen LogP contribution >= 0.6 is 0 Å². The van der Waals surface area contributed by atoms with E-state index in [4.69, 9.17) is 4.74 Å². The fraction of sp³-hybridized carbons (Fsp3) is 0.600. The highest BCUT2D eigenvalue weighted by molar-refractivity contribution is 7.89. The van der Waals surface area contributed by atoms with Crippen LogP contribution in [0.15, 0.2) is 29.2 Å². The molecular weight excluding hydrogens is 380 g/mol. The molecule has 28 heavy (non-hydrogen) atoms. The first-order valence-corrected chi connectivity index (χ1v) is 11.3. The summed E-state index contributed by atoms with van der Waals surface area (Å²) >= 11 is 0. The molecule has 2 fully saturated rings. The van der Waals surface area contributed by atoms with Gasteiger partial charge in [-0.05, 0) is 49.4 Å². The summed E-state index contributed by atoms with van der Waals surface area (Å²) in [5.74, 6) is -0.540. The lowest BCUT2D eigenvalue weighted by Crippen LogP contribution is -2.38. The molecule has 1 aromatic carbocycles. The van der Waals surface area contributed by atoms with E-state index in [9.17, 15) is 18.0 Å². The van der Waals surface area contributed by atoms with Gasteiger partial charge < -0.3 is 10.1 Å². The minimum Gasteiger partial charge on any atom is -0.455 e. The highest BCUT2D eigenvalue weighted by Crippen LogP contribution is 2.38. The van der Waals surface area contributed by atoms with E-state index in [2.05, 4.69) is 5.32 Å². The molecular formula is C20H28N2O5S. The molecule has 0 aliphatic heterocycles. The van der Waals surface area contributed by atoms with Crippen molar-refractivity contribution >= 4 is 27.6 Å². The quantitative estimate of drug-likeness (QED) is 0.701. The zero-order valence-electron chi connectivity index (χ0n) is 16.4. The second-order valence-corrected chi connectivity index (χ2v) is 9.81. The number of sulfonamides is 1. The molecule has 0 unspecified atom stereocenters. The molecule has 1 N–H and O–H groups in total. The Morgan fingerprint density at radius 1 is 1.14 bits per heavy atom. The summed E-state index contributed by atoms with van der Waals surface area (Å²) in [7, 11) is -1.93. The molecule has 8 heteroatoms. The van der Waals surface area contributed by atoms with Gasteiger partial charge >= 0.3 is 5.97 Å². The van der Waals surface area contributed by atoms with Crippen molar-refractivity contribution < 1.29 is 22.7 Å². The van der Waals surface area contributed by atoms with E-state index < -0.39 is 15.9 Å². The summed E-state index contributed by atoms with van der Waals surface area (Å²) in [6.45, 7) is 1.62. The molecule has 0 heterocycles. The normalized spacial score (nSPS) is 22.7. The SMILES string of the molecule is C[C@@H]1C[C@H]1C(=O)OCC(=O)Nc1ccc(S(=O)(=O)N(C)C2CCCCC2)cc1. The van der Waals surface area contributed by atoms with E-state index >= 15 is 0 Å². The zero-order chi connectivity index (χ0) is 20.3. The number of nitrogens with one attached hydrogen (secondary N) is 1. The Morgan fingerprint density at radius 2 is 1.75 bits per heavy atom. The van der Waals surface area contributed by atoms with Crippen molar-refractivity contribution in [2.75, 3.05) is 19.0 Å². The van der Waals surface area contributed by atoms with E-state index in [-0.39, 0.29) is 29.4 Å². The summed E-state index contributed by atoms with van der Waals surface area (Å²) in [5.41, 5.74) is 0.458. The summed E-state index contributed by atoms with van der Waals surface area (Å²) < 4.78 is 32.1. The lowest BCUT2D eigenvalue weighted by atomic mass is 9.96. The minimum absolute atomic E-state index is 0.0435. The Labute approximate surface area is 166 Å². The third-order valence-electron chi connectivity index (χ3n) is 5.66. The topological polar surface area (TPSA) is 92.8 Å². The van der Waals surface area contributed by atoms with Gasteiger partial charge in [0.1, 0.15) is 0 Å². The zero-order valence-corrected chi connectivity index (χ0v) is 17.2. The van der Waals surface area contributed by atoms with E-state index in [0.29, 0.717) is 11.6 Å². The molecule has 0 saturated heterocycles. The predicted molar refractivity (Wildman–Crippen MR) is 105 cm³/mol. The molecule has 3 rings (SSSR count).